The smallest absolute Gasteiger partial charge is 0.135 e. The number of aryl methyl sites for hydroxylation is 1. The van der Waals surface area contributed by atoms with Crippen molar-refractivity contribution in [2.45, 2.75) is 39.3 Å². The second-order valence-corrected chi connectivity index (χ2v) is 6.13. The molecule has 1 atom stereocenters. The van der Waals surface area contributed by atoms with E-state index in [1.54, 1.807) is 0 Å². The van der Waals surface area contributed by atoms with Crippen LogP contribution >= 0.6 is 23.2 Å². The van der Waals surface area contributed by atoms with Crippen molar-refractivity contribution in [1.82, 2.24) is 9.88 Å². The van der Waals surface area contributed by atoms with Gasteiger partial charge in [0, 0.05) is 22.8 Å². The highest BCUT2D eigenvalue weighted by Gasteiger charge is 2.23. The Labute approximate surface area is 124 Å². The maximum Gasteiger partial charge on any atom is 0.135 e. The molecule has 1 aliphatic rings. The van der Waals surface area contributed by atoms with Gasteiger partial charge in [0.15, 0.2) is 0 Å². The van der Waals surface area contributed by atoms with E-state index in [4.69, 9.17) is 23.2 Å². The molecule has 0 amide bonds. The van der Waals surface area contributed by atoms with E-state index in [2.05, 4.69) is 9.88 Å². The van der Waals surface area contributed by atoms with Crippen LogP contribution in [0.5, 0.6) is 0 Å². The van der Waals surface area contributed by atoms with Crippen molar-refractivity contribution in [2.24, 2.45) is 5.92 Å². The maximum absolute atomic E-state index is 9.60. The van der Waals surface area contributed by atoms with Crippen LogP contribution in [0, 0.1) is 12.8 Å². The zero-order valence-corrected chi connectivity index (χ0v) is 12.9. The molecular formula is C14H20Cl2N2O. The van der Waals surface area contributed by atoms with Crippen LogP contribution in [0.15, 0.2) is 6.07 Å². The van der Waals surface area contributed by atoms with Crippen LogP contribution in [0.1, 0.15) is 31.0 Å². The Balaban J connectivity index is 2.00. The van der Waals surface area contributed by atoms with Crippen LogP contribution in [0.4, 0.5) is 0 Å². The van der Waals surface area contributed by atoms with Gasteiger partial charge in [-0.15, -0.1) is 0 Å². The number of pyridine rings is 1. The zero-order chi connectivity index (χ0) is 14.0. The second kappa shape index (κ2) is 6.40. The van der Waals surface area contributed by atoms with Gasteiger partial charge < -0.3 is 5.11 Å². The molecule has 1 unspecified atom stereocenters. The Morgan fingerprint density at radius 3 is 2.58 bits per heavy atom. The molecule has 19 heavy (non-hydrogen) atoms. The van der Waals surface area contributed by atoms with E-state index >= 15 is 0 Å². The third-order valence-electron chi connectivity index (χ3n) is 3.84. The van der Waals surface area contributed by atoms with Crippen molar-refractivity contribution in [1.29, 1.82) is 0 Å². The molecule has 0 aliphatic carbocycles. The van der Waals surface area contributed by atoms with Crippen LogP contribution in [0.3, 0.4) is 0 Å². The minimum absolute atomic E-state index is 0.213. The SMILES string of the molecule is Cc1cc(Cl)c(CN2CCC(C(C)O)CC2)c(Cl)n1. The van der Waals surface area contributed by atoms with Gasteiger partial charge in [0.1, 0.15) is 5.15 Å². The highest BCUT2D eigenvalue weighted by Crippen LogP contribution is 2.28. The van der Waals surface area contributed by atoms with Crippen molar-refractivity contribution in [3.8, 4) is 0 Å². The number of nitrogens with zero attached hydrogens (tertiary/aromatic N) is 2. The fourth-order valence-corrected chi connectivity index (χ4v) is 3.23. The van der Waals surface area contributed by atoms with Gasteiger partial charge >= 0.3 is 0 Å². The summed E-state index contributed by atoms with van der Waals surface area (Å²) in [5.41, 5.74) is 1.75. The summed E-state index contributed by atoms with van der Waals surface area (Å²) in [6.07, 6.45) is 1.83. The van der Waals surface area contributed by atoms with Crippen LogP contribution in [-0.4, -0.2) is 34.2 Å². The minimum atomic E-state index is -0.213. The lowest BCUT2D eigenvalue weighted by Gasteiger charge is -2.33. The van der Waals surface area contributed by atoms with E-state index in [9.17, 15) is 5.11 Å². The zero-order valence-electron chi connectivity index (χ0n) is 11.4. The first kappa shape index (κ1) is 15.0. The average Bonchev–Trinajstić information content (AvgIpc) is 2.34. The molecule has 1 aromatic heterocycles. The molecular weight excluding hydrogens is 283 g/mol. The summed E-state index contributed by atoms with van der Waals surface area (Å²) in [5.74, 6) is 0.415. The van der Waals surface area contributed by atoms with Gasteiger partial charge in [-0.1, -0.05) is 23.2 Å². The molecule has 1 aromatic rings. The summed E-state index contributed by atoms with van der Waals surface area (Å²) in [6.45, 7) is 6.43. The molecule has 1 aliphatic heterocycles. The van der Waals surface area contributed by atoms with E-state index in [1.165, 1.54) is 0 Å². The molecule has 1 N–H and O–H groups in total. The number of halogens is 2. The monoisotopic (exact) mass is 302 g/mol. The first-order chi connectivity index (χ1) is 8.97. The fraction of sp³-hybridized carbons (Fsp3) is 0.643. The number of hydrogen-bond acceptors (Lipinski definition) is 3. The summed E-state index contributed by atoms with van der Waals surface area (Å²) in [4.78, 5) is 6.58. The summed E-state index contributed by atoms with van der Waals surface area (Å²) in [6, 6.07) is 1.85. The molecule has 0 bridgehead atoms. The van der Waals surface area contributed by atoms with Gasteiger partial charge in [-0.05, 0) is 51.8 Å². The molecule has 0 spiro atoms. The molecule has 5 heteroatoms. The lowest BCUT2D eigenvalue weighted by atomic mass is 9.92. The number of aliphatic hydroxyl groups is 1. The first-order valence-electron chi connectivity index (χ1n) is 6.69. The number of aliphatic hydroxyl groups excluding tert-OH is 1. The van der Waals surface area contributed by atoms with Gasteiger partial charge in [-0.2, -0.15) is 0 Å². The van der Waals surface area contributed by atoms with E-state index in [1.807, 2.05) is 19.9 Å². The lowest BCUT2D eigenvalue weighted by Crippen LogP contribution is -2.36. The van der Waals surface area contributed by atoms with Crippen LogP contribution in [-0.2, 0) is 6.54 Å². The highest BCUT2D eigenvalue weighted by atomic mass is 35.5. The van der Waals surface area contributed by atoms with Gasteiger partial charge in [-0.25, -0.2) is 4.98 Å². The Kier molecular flexibility index (Phi) is 5.07. The second-order valence-electron chi connectivity index (χ2n) is 5.37. The van der Waals surface area contributed by atoms with Crippen LogP contribution in [0.2, 0.25) is 10.2 Å². The lowest BCUT2D eigenvalue weighted by molar-refractivity contribution is 0.0695. The number of rotatable bonds is 3. The van der Waals surface area contributed by atoms with E-state index in [0.29, 0.717) is 16.1 Å². The Bertz CT molecular complexity index is 420. The first-order valence-corrected chi connectivity index (χ1v) is 7.45. The van der Waals surface area contributed by atoms with Crippen molar-refractivity contribution >= 4 is 23.2 Å². The van der Waals surface area contributed by atoms with Crippen LogP contribution in [0.25, 0.3) is 0 Å². The van der Waals surface area contributed by atoms with Gasteiger partial charge in [0.2, 0.25) is 0 Å². The predicted octanol–water partition coefficient (Wildman–Crippen LogP) is 3.29. The van der Waals surface area contributed by atoms with E-state index in [0.717, 1.165) is 43.7 Å². The van der Waals surface area contributed by atoms with E-state index < -0.39 is 0 Å². The molecule has 0 aromatic carbocycles. The maximum atomic E-state index is 9.60. The van der Waals surface area contributed by atoms with Crippen molar-refractivity contribution in [3.63, 3.8) is 0 Å². The third kappa shape index (κ3) is 3.82. The molecule has 2 rings (SSSR count). The summed E-state index contributed by atoms with van der Waals surface area (Å²) in [5, 5.41) is 10.8. The van der Waals surface area contributed by atoms with Gasteiger partial charge in [0.05, 0.1) is 6.10 Å². The van der Waals surface area contributed by atoms with E-state index in [-0.39, 0.29) is 6.10 Å². The number of likely N-dealkylation sites (tertiary alicyclic amines) is 1. The summed E-state index contributed by atoms with van der Waals surface area (Å²) in [7, 11) is 0. The van der Waals surface area contributed by atoms with Crippen molar-refractivity contribution in [3.05, 3.63) is 27.5 Å². The molecule has 0 saturated carbocycles. The van der Waals surface area contributed by atoms with Crippen molar-refractivity contribution < 1.29 is 5.11 Å². The molecule has 1 fully saturated rings. The number of piperidine rings is 1. The predicted molar refractivity (Wildman–Crippen MR) is 78.7 cm³/mol. The third-order valence-corrected chi connectivity index (χ3v) is 4.49. The minimum Gasteiger partial charge on any atom is -0.393 e. The Hall–Kier alpha value is -0.350. The quantitative estimate of drug-likeness (QED) is 0.871. The largest absolute Gasteiger partial charge is 0.393 e. The Morgan fingerprint density at radius 2 is 2.05 bits per heavy atom. The Morgan fingerprint density at radius 1 is 1.42 bits per heavy atom. The van der Waals surface area contributed by atoms with Crippen LogP contribution < -0.4 is 0 Å². The number of aromatic nitrogens is 1. The topological polar surface area (TPSA) is 36.4 Å². The highest BCUT2D eigenvalue weighted by molar-refractivity contribution is 6.35. The summed E-state index contributed by atoms with van der Waals surface area (Å²) >= 11 is 12.4. The molecule has 2 heterocycles. The van der Waals surface area contributed by atoms with Gasteiger partial charge in [0.25, 0.3) is 0 Å². The van der Waals surface area contributed by atoms with Crippen molar-refractivity contribution in [2.75, 3.05) is 13.1 Å². The molecule has 0 radical (unpaired) electrons. The normalized spacial score (nSPS) is 19.6. The fourth-order valence-electron chi connectivity index (χ4n) is 2.58. The standard InChI is InChI=1S/C14H20Cl2N2O/c1-9-7-13(15)12(14(16)17-9)8-18-5-3-11(4-6-18)10(2)19/h7,10-11,19H,3-6,8H2,1-2H3. The molecule has 1 saturated heterocycles. The summed E-state index contributed by atoms with van der Waals surface area (Å²) < 4.78 is 0. The molecule has 3 nitrogen and oxygen atoms in total. The average molecular weight is 303 g/mol. The molecule has 106 valence electrons. The number of hydrogen-bond donors (Lipinski definition) is 1. The van der Waals surface area contributed by atoms with Gasteiger partial charge in [-0.3, -0.25) is 4.90 Å².